The Kier molecular flexibility index (Phi) is 6.36. The standard InChI is InChI=1S/C12H20ClNOS/c1-4-7-14-11(10(5-2)15-3)12-9(13)6-8-16-12/h6,8,10-11,14H,4-5,7H2,1-3H3. The molecule has 0 aliphatic carbocycles. The lowest BCUT2D eigenvalue weighted by atomic mass is 10.1. The van der Waals surface area contributed by atoms with Crippen LogP contribution in [-0.4, -0.2) is 19.8 Å². The number of hydrogen-bond acceptors (Lipinski definition) is 3. The molecule has 0 aromatic carbocycles. The summed E-state index contributed by atoms with van der Waals surface area (Å²) in [5, 5.41) is 6.39. The minimum absolute atomic E-state index is 0.183. The van der Waals surface area contributed by atoms with Gasteiger partial charge in [-0.3, -0.25) is 0 Å². The third kappa shape index (κ3) is 3.45. The van der Waals surface area contributed by atoms with Crippen LogP contribution in [0, 0.1) is 0 Å². The fraction of sp³-hybridized carbons (Fsp3) is 0.667. The van der Waals surface area contributed by atoms with Crippen molar-refractivity contribution in [2.45, 2.75) is 38.8 Å². The van der Waals surface area contributed by atoms with Gasteiger partial charge in [-0.05, 0) is 30.8 Å². The quantitative estimate of drug-likeness (QED) is 0.805. The Bertz CT molecular complexity index is 299. The number of ether oxygens (including phenoxy) is 1. The Balaban J connectivity index is 2.82. The maximum absolute atomic E-state index is 6.19. The lowest BCUT2D eigenvalue weighted by Gasteiger charge is -2.25. The van der Waals surface area contributed by atoms with E-state index in [9.17, 15) is 0 Å². The molecule has 2 atom stereocenters. The first-order chi connectivity index (χ1) is 7.74. The van der Waals surface area contributed by atoms with Crippen molar-refractivity contribution in [3.05, 3.63) is 21.3 Å². The fourth-order valence-corrected chi connectivity index (χ4v) is 3.06. The smallest absolute Gasteiger partial charge is 0.0771 e. The molecule has 0 fully saturated rings. The molecule has 0 radical (unpaired) electrons. The molecular weight excluding hydrogens is 242 g/mol. The molecule has 0 spiro atoms. The van der Waals surface area contributed by atoms with Crippen molar-refractivity contribution < 1.29 is 4.74 Å². The van der Waals surface area contributed by atoms with Gasteiger partial charge in [0.05, 0.1) is 17.2 Å². The fourth-order valence-electron chi connectivity index (χ4n) is 1.76. The summed E-state index contributed by atoms with van der Waals surface area (Å²) in [5.74, 6) is 0. The number of methoxy groups -OCH3 is 1. The summed E-state index contributed by atoms with van der Waals surface area (Å²) in [6.45, 7) is 5.28. The molecule has 1 aromatic rings. The first-order valence-corrected chi connectivity index (χ1v) is 6.99. The van der Waals surface area contributed by atoms with Gasteiger partial charge in [0, 0.05) is 12.0 Å². The van der Waals surface area contributed by atoms with Gasteiger partial charge in [-0.25, -0.2) is 0 Å². The predicted molar refractivity (Wildman–Crippen MR) is 71.5 cm³/mol. The highest BCUT2D eigenvalue weighted by atomic mass is 35.5. The minimum Gasteiger partial charge on any atom is -0.379 e. The second-order valence-corrected chi connectivity index (χ2v) is 5.10. The van der Waals surface area contributed by atoms with Crippen LogP contribution in [0.4, 0.5) is 0 Å². The summed E-state index contributed by atoms with van der Waals surface area (Å²) < 4.78 is 5.52. The molecule has 1 rings (SSSR count). The number of thiophene rings is 1. The maximum atomic E-state index is 6.19. The van der Waals surface area contributed by atoms with Crippen LogP contribution in [0.15, 0.2) is 11.4 Å². The number of nitrogens with one attached hydrogen (secondary N) is 1. The van der Waals surface area contributed by atoms with E-state index in [4.69, 9.17) is 16.3 Å². The van der Waals surface area contributed by atoms with Crippen molar-refractivity contribution in [1.29, 1.82) is 0 Å². The maximum Gasteiger partial charge on any atom is 0.0771 e. The van der Waals surface area contributed by atoms with Gasteiger partial charge in [0.2, 0.25) is 0 Å². The molecule has 1 N–H and O–H groups in total. The minimum atomic E-state index is 0.183. The zero-order chi connectivity index (χ0) is 12.0. The third-order valence-corrected chi connectivity index (χ3v) is 4.06. The highest BCUT2D eigenvalue weighted by Crippen LogP contribution is 2.32. The predicted octanol–water partition coefficient (Wildman–Crippen LogP) is 3.87. The van der Waals surface area contributed by atoms with E-state index < -0.39 is 0 Å². The van der Waals surface area contributed by atoms with Gasteiger partial charge in [-0.15, -0.1) is 11.3 Å². The van der Waals surface area contributed by atoms with Crippen molar-refractivity contribution >= 4 is 22.9 Å². The molecule has 16 heavy (non-hydrogen) atoms. The van der Waals surface area contributed by atoms with Gasteiger partial charge in [-0.1, -0.05) is 25.4 Å². The SMILES string of the molecule is CCCNC(c1sccc1Cl)C(CC)OC. The van der Waals surface area contributed by atoms with Gasteiger partial charge in [-0.2, -0.15) is 0 Å². The van der Waals surface area contributed by atoms with Crippen LogP contribution in [0.1, 0.15) is 37.6 Å². The van der Waals surface area contributed by atoms with E-state index >= 15 is 0 Å². The van der Waals surface area contributed by atoms with E-state index in [1.807, 2.05) is 11.4 Å². The van der Waals surface area contributed by atoms with E-state index in [1.165, 1.54) is 4.88 Å². The Morgan fingerprint density at radius 2 is 2.25 bits per heavy atom. The Morgan fingerprint density at radius 1 is 1.50 bits per heavy atom. The van der Waals surface area contributed by atoms with Crippen LogP contribution in [-0.2, 0) is 4.74 Å². The Hall–Kier alpha value is -0.0900. The molecule has 2 nitrogen and oxygen atoms in total. The molecule has 0 saturated heterocycles. The van der Waals surface area contributed by atoms with Gasteiger partial charge in [0.15, 0.2) is 0 Å². The number of rotatable bonds is 7. The highest BCUT2D eigenvalue weighted by molar-refractivity contribution is 7.10. The molecule has 0 aliphatic heterocycles. The molecule has 92 valence electrons. The Labute approximate surface area is 107 Å². The summed E-state index contributed by atoms with van der Waals surface area (Å²) >= 11 is 7.88. The molecule has 0 bridgehead atoms. The Morgan fingerprint density at radius 3 is 2.69 bits per heavy atom. The van der Waals surface area contributed by atoms with Crippen LogP contribution >= 0.6 is 22.9 Å². The highest BCUT2D eigenvalue weighted by Gasteiger charge is 2.23. The average Bonchev–Trinajstić information content (AvgIpc) is 2.71. The normalized spacial score (nSPS) is 15.0. The van der Waals surface area contributed by atoms with Crippen molar-refractivity contribution in [1.82, 2.24) is 5.32 Å². The average molecular weight is 262 g/mol. The van der Waals surface area contributed by atoms with E-state index in [0.29, 0.717) is 0 Å². The van der Waals surface area contributed by atoms with Crippen molar-refractivity contribution in [3.8, 4) is 0 Å². The summed E-state index contributed by atoms with van der Waals surface area (Å²) in [6, 6.07) is 2.16. The first kappa shape index (κ1) is 14.0. The summed E-state index contributed by atoms with van der Waals surface area (Å²) in [6.07, 6.45) is 2.27. The number of hydrogen-bond donors (Lipinski definition) is 1. The zero-order valence-corrected chi connectivity index (χ0v) is 11.7. The van der Waals surface area contributed by atoms with Crippen molar-refractivity contribution in [2.75, 3.05) is 13.7 Å². The summed E-state index contributed by atoms with van der Waals surface area (Å²) in [5.41, 5.74) is 0. The van der Waals surface area contributed by atoms with Crippen molar-refractivity contribution in [2.24, 2.45) is 0 Å². The van der Waals surface area contributed by atoms with Crippen molar-refractivity contribution in [3.63, 3.8) is 0 Å². The van der Waals surface area contributed by atoms with Gasteiger partial charge in [0.1, 0.15) is 0 Å². The van der Waals surface area contributed by atoms with E-state index in [1.54, 1.807) is 18.4 Å². The van der Waals surface area contributed by atoms with Crippen LogP contribution in [0.5, 0.6) is 0 Å². The molecule has 4 heteroatoms. The topological polar surface area (TPSA) is 21.3 Å². The molecular formula is C12H20ClNOS. The molecule has 2 unspecified atom stereocenters. The third-order valence-electron chi connectivity index (χ3n) is 2.62. The van der Waals surface area contributed by atoms with Crippen LogP contribution in [0.3, 0.4) is 0 Å². The number of halogens is 1. The van der Waals surface area contributed by atoms with Crippen LogP contribution < -0.4 is 5.32 Å². The first-order valence-electron chi connectivity index (χ1n) is 5.73. The second-order valence-electron chi connectivity index (χ2n) is 3.75. The van der Waals surface area contributed by atoms with E-state index in [0.717, 1.165) is 24.4 Å². The lowest BCUT2D eigenvalue weighted by molar-refractivity contribution is 0.0662. The van der Waals surface area contributed by atoms with Gasteiger partial charge in [0.25, 0.3) is 0 Å². The monoisotopic (exact) mass is 261 g/mol. The summed E-state index contributed by atoms with van der Waals surface area (Å²) in [4.78, 5) is 1.18. The van der Waals surface area contributed by atoms with Crippen LogP contribution in [0.2, 0.25) is 5.02 Å². The largest absolute Gasteiger partial charge is 0.379 e. The van der Waals surface area contributed by atoms with Crippen LogP contribution in [0.25, 0.3) is 0 Å². The molecule has 0 amide bonds. The van der Waals surface area contributed by atoms with E-state index in [2.05, 4.69) is 19.2 Å². The molecule has 0 saturated carbocycles. The molecule has 1 aromatic heterocycles. The lowest BCUT2D eigenvalue weighted by Crippen LogP contribution is -2.33. The summed E-state index contributed by atoms with van der Waals surface area (Å²) in [7, 11) is 1.76. The molecule has 0 aliphatic rings. The van der Waals surface area contributed by atoms with E-state index in [-0.39, 0.29) is 12.1 Å². The second kappa shape index (κ2) is 7.28. The zero-order valence-electron chi connectivity index (χ0n) is 10.1. The van der Waals surface area contributed by atoms with Gasteiger partial charge < -0.3 is 10.1 Å². The van der Waals surface area contributed by atoms with Gasteiger partial charge >= 0.3 is 0 Å². The molecule has 1 heterocycles.